The molecule has 2 rings (SSSR count). The van der Waals surface area contributed by atoms with Crippen LogP contribution in [0, 0.1) is 0 Å². The molecule has 1 saturated heterocycles. The van der Waals surface area contributed by atoms with Crippen LogP contribution in [0.3, 0.4) is 0 Å². The first-order valence-electron chi connectivity index (χ1n) is 7.34. The van der Waals surface area contributed by atoms with Gasteiger partial charge in [-0.05, 0) is 6.42 Å². The molecular formula is C15H24N4O2. The molecule has 2 atom stereocenters. The highest BCUT2D eigenvalue weighted by atomic mass is 16.3. The molecule has 6 heteroatoms. The molecule has 116 valence electrons. The normalized spacial score (nSPS) is 23.0. The van der Waals surface area contributed by atoms with Crippen LogP contribution in [-0.4, -0.2) is 45.3 Å². The van der Waals surface area contributed by atoms with Crippen LogP contribution < -0.4 is 4.90 Å². The minimum atomic E-state index is -0.870. The number of likely N-dealkylation sites (N-methyl/N-ethyl adjacent to an activating group) is 1. The Morgan fingerprint density at radius 3 is 2.57 bits per heavy atom. The first-order chi connectivity index (χ1) is 9.77. The Morgan fingerprint density at radius 1 is 1.33 bits per heavy atom. The number of aromatic nitrogens is 2. The zero-order chi connectivity index (χ0) is 15.8. The van der Waals surface area contributed by atoms with Crippen molar-refractivity contribution < 1.29 is 9.90 Å². The Kier molecular flexibility index (Phi) is 4.18. The quantitative estimate of drug-likeness (QED) is 0.926. The maximum Gasteiger partial charge on any atom is 0.328 e. The van der Waals surface area contributed by atoms with Crippen molar-refractivity contribution in [1.29, 1.82) is 0 Å². The molecule has 0 bridgehead atoms. The minimum absolute atomic E-state index is 0.139. The number of urea groups is 1. The summed E-state index contributed by atoms with van der Waals surface area (Å²) in [4.78, 5) is 23.8. The third kappa shape index (κ3) is 2.85. The molecule has 6 nitrogen and oxygen atoms in total. The van der Waals surface area contributed by atoms with E-state index in [1.807, 2.05) is 27.7 Å². The Morgan fingerprint density at radius 2 is 2.00 bits per heavy atom. The fourth-order valence-corrected chi connectivity index (χ4v) is 2.56. The Balaban J connectivity index is 2.36. The summed E-state index contributed by atoms with van der Waals surface area (Å²) in [6.07, 6.45) is 2.25. The lowest BCUT2D eigenvalue weighted by molar-refractivity contribution is 0.122. The predicted octanol–water partition coefficient (Wildman–Crippen LogP) is 2.13. The zero-order valence-corrected chi connectivity index (χ0v) is 13.4. The monoisotopic (exact) mass is 292 g/mol. The Labute approximate surface area is 125 Å². The summed E-state index contributed by atoms with van der Waals surface area (Å²) in [6.45, 7) is 8.18. The van der Waals surface area contributed by atoms with Gasteiger partial charge in [0.1, 0.15) is 12.1 Å². The molecule has 0 spiro atoms. The third-order valence-electron chi connectivity index (χ3n) is 3.87. The van der Waals surface area contributed by atoms with Crippen LogP contribution in [0.4, 0.5) is 10.6 Å². The van der Waals surface area contributed by atoms with Gasteiger partial charge in [-0.15, -0.1) is 0 Å². The van der Waals surface area contributed by atoms with Crippen LogP contribution in [0.5, 0.6) is 0 Å². The van der Waals surface area contributed by atoms with E-state index >= 15 is 0 Å². The number of carbonyl (C=O) groups excluding carboxylic acids is 1. The topological polar surface area (TPSA) is 69.6 Å². The second kappa shape index (κ2) is 5.60. The van der Waals surface area contributed by atoms with E-state index < -0.39 is 6.23 Å². The van der Waals surface area contributed by atoms with Crippen LogP contribution in [0.25, 0.3) is 0 Å². The zero-order valence-electron chi connectivity index (χ0n) is 13.4. The fourth-order valence-electron chi connectivity index (χ4n) is 2.56. The fraction of sp³-hybridized carbons (Fsp3) is 0.667. The molecule has 2 heterocycles. The number of carbonyl (C=O) groups is 1. The maximum atomic E-state index is 12.4. The summed E-state index contributed by atoms with van der Waals surface area (Å²) in [5, 5.41) is 10.5. The molecule has 1 aliphatic rings. The summed E-state index contributed by atoms with van der Waals surface area (Å²) in [6, 6.07) is 1.36. The molecule has 1 aromatic rings. The highest BCUT2D eigenvalue weighted by Crippen LogP contribution is 2.30. The molecule has 0 saturated carbocycles. The SMILES string of the molecule is CCCC1C(O)N(c2cc(C(C)(C)C)ncn2)C(=O)N1C. The molecule has 21 heavy (non-hydrogen) atoms. The number of nitrogens with zero attached hydrogens (tertiary/aromatic N) is 4. The standard InChI is InChI=1S/C15H24N4O2/c1-6-7-10-13(20)19(14(21)18(10)5)12-8-11(15(2,3)4)16-9-17-12/h8-10,13,20H,6-7H2,1-5H3. The molecule has 0 aliphatic carbocycles. The lowest BCUT2D eigenvalue weighted by atomic mass is 9.92. The Hall–Kier alpha value is -1.69. The van der Waals surface area contributed by atoms with E-state index in [0.29, 0.717) is 5.82 Å². The lowest BCUT2D eigenvalue weighted by Gasteiger charge is -2.23. The van der Waals surface area contributed by atoms with Crippen LogP contribution in [0.15, 0.2) is 12.4 Å². The molecule has 1 aliphatic heterocycles. The van der Waals surface area contributed by atoms with Crippen LogP contribution in [0.1, 0.15) is 46.2 Å². The second-order valence-electron chi connectivity index (χ2n) is 6.54. The van der Waals surface area contributed by atoms with Gasteiger partial charge < -0.3 is 10.0 Å². The number of rotatable bonds is 3. The summed E-state index contributed by atoms with van der Waals surface area (Å²) in [5.41, 5.74) is 0.703. The van der Waals surface area contributed by atoms with E-state index in [1.54, 1.807) is 18.0 Å². The smallest absolute Gasteiger partial charge is 0.328 e. The summed E-state index contributed by atoms with van der Waals surface area (Å²) >= 11 is 0. The van der Waals surface area contributed by atoms with E-state index in [1.165, 1.54) is 11.2 Å². The molecular weight excluding hydrogens is 268 g/mol. The number of anilines is 1. The Bertz CT molecular complexity index is 527. The van der Waals surface area contributed by atoms with Gasteiger partial charge in [-0.25, -0.2) is 19.7 Å². The van der Waals surface area contributed by atoms with Crippen molar-refractivity contribution in [2.75, 3.05) is 11.9 Å². The number of amides is 2. The highest BCUT2D eigenvalue weighted by Gasteiger charge is 2.44. The van der Waals surface area contributed by atoms with E-state index in [9.17, 15) is 9.90 Å². The van der Waals surface area contributed by atoms with Crippen molar-refractivity contribution in [2.24, 2.45) is 0 Å². The highest BCUT2D eigenvalue weighted by molar-refractivity contribution is 5.94. The summed E-state index contributed by atoms with van der Waals surface area (Å²) < 4.78 is 0. The van der Waals surface area contributed by atoms with Gasteiger partial charge in [0.15, 0.2) is 6.23 Å². The summed E-state index contributed by atoms with van der Waals surface area (Å²) in [5.74, 6) is 0.456. The molecule has 0 radical (unpaired) electrons. The molecule has 2 amide bonds. The van der Waals surface area contributed by atoms with E-state index in [0.717, 1.165) is 18.5 Å². The van der Waals surface area contributed by atoms with E-state index in [-0.39, 0.29) is 17.5 Å². The van der Waals surface area contributed by atoms with Gasteiger partial charge in [0.2, 0.25) is 0 Å². The molecule has 1 fully saturated rings. The number of aliphatic hydroxyl groups is 1. The van der Waals surface area contributed by atoms with Gasteiger partial charge in [0, 0.05) is 18.5 Å². The van der Waals surface area contributed by atoms with Gasteiger partial charge in [0.05, 0.1) is 11.7 Å². The van der Waals surface area contributed by atoms with Gasteiger partial charge in [-0.3, -0.25) is 0 Å². The van der Waals surface area contributed by atoms with Crippen molar-refractivity contribution in [3.63, 3.8) is 0 Å². The van der Waals surface area contributed by atoms with Crippen LogP contribution in [-0.2, 0) is 5.41 Å². The predicted molar refractivity (Wildman–Crippen MR) is 81.1 cm³/mol. The van der Waals surface area contributed by atoms with E-state index in [2.05, 4.69) is 9.97 Å². The number of hydrogen-bond donors (Lipinski definition) is 1. The maximum absolute atomic E-state index is 12.4. The van der Waals surface area contributed by atoms with Gasteiger partial charge in [-0.2, -0.15) is 0 Å². The largest absolute Gasteiger partial charge is 0.371 e. The minimum Gasteiger partial charge on any atom is -0.371 e. The number of hydrogen-bond acceptors (Lipinski definition) is 4. The molecule has 2 unspecified atom stereocenters. The average molecular weight is 292 g/mol. The van der Waals surface area contributed by atoms with Gasteiger partial charge >= 0.3 is 6.03 Å². The van der Waals surface area contributed by atoms with Gasteiger partial charge in [0.25, 0.3) is 0 Å². The molecule has 0 aromatic carbocycles. The lowest BCUT2D eigenvalue weighted by Crippen LogP contribution is -2.37. The molecule has 1 aromatic heterocycles. The van der Waals surface area contributed by atoms with Crippen LogP contribution in [0.2, 0.25) is 0 Å². The second-order valence-corrected chi connectivity index (χ2v) is 6.54. The molecule has 1 N–H and O–H groups in total. The van der Waals surface area contributed by atoms with Crippen molar-refractivity contribution in [3.8, 4) is 0 Å². The van der Waals surface area contributed by atoms with Crippen LogP contribution >= 0.6 is 0 Å². The first-order valence-corrected chi connectivity index (χ1v) is 7.34. The van der Waals surface area contributed by atoms with E-state index in [4.69, 9.17) is 0 Å². The first kappa shape index (κ1) is 15.7. The van der Waals surface area contributed by atoms with Crippen molar-refractivity contribution >= 4 is 11.8 Å². The van der Waals surface area contributed by atoms with Crippen molar-refractivity contribution in [3.05, 3.63) is 18.1 Å². The number of aliphatic hydroxyl groups excluding tert-OH is 1. The van der Waals surface area contributed by atoms with Crippen molar-refractivity contribution in [2.45, 2.75) is 58.2 Å². The average Bonchev–Trinajstić information content (AvgIpc) is 2.62. The van der Waals surface area contributed by atoms with Gasteiger partial charge in [-0.1, -0.05) is 34.1 Å². The summed E-state index contributed by atoms with van der Waals surface area (Å²) in [7, 11) is 1.72. The van der Waals surface area contributed by atoms with Crippen molar-refractivity contribution in [1.82, 2.24) is 14.9 Å². The third-order valence-corrected chi connectivity index (χ3v) is 3.87.